The van der Waals surface area contributed by atoms with Gasteiger partial charge in [-0.1, -0.05) is 91.0 Å². The van der Waals surface area contributed by atoms with Gasteiger partial charge in [0.2, 0.25) is 11.8 Å². The van der Waals surface area contributed by atoms with Crippen LogP contribution in [0.25, 0.3) is 11.1 Å². The Morgan fingerprint density at radius 2 is 1.24 bits per heavy atom. The first kappa shape index (κ1) is 33.6. The quantitative estimate of drug-likeness (QED) is 0.142. The van der Waals surface area contributed by atoms with Gasteiger partial charge >= 0.3 is 0 Å². The van der Waals surface area contributed by atoms with Gasteiger partial charge in [-0.15, -0.1) is 0 Å². The van der Waals surface area contributed by atoms with Gasteiger partial charge in [0, 0.05) is 57.1 Å². The third kappa shape index (κ3) is 8.12. The van der Waals surface area contributed by atoms with Crippen LogP contribution in [0.4, 0.5) is 18.9 Å². The van der Waals surface area contributed by atoms with Crippen LogP contribution in [0.5, 0.6) is 11.8 Å². The van der Waals surface area contributed by atoms with Crippen LogP contribution in [0.1, 0.15) is 23.1 Å². The molecule has 50 heavy (non-hydrogen) atoms. The largest absolute Gasteiger partial charge is 0.473 e. The lowest BCUT2D eigenvalue weighted by Gasteiger charge is -2.44. The molecule has 9 heteroatoms. The average molecular weight is 679 g/mol. The standard InChI is InChI=1S/C41H41F3N4O2/c42-35-24-33(48-19-18-38(37(44)27-48)47-22-20-46(21-23-47)26-30-10-4-1-5-11-30)25-36(43)40(35)34-16-17-39(49-28-31-12-6-2-7-13-31)45-41(34)50-29-32-14-8-3-9-15-32/h1-17,24-25,37-38H,18-23,26-29H2/t37-,38+/m1/s1. The van der Waals surface area contributed by atoms with E-state index in [0.29, 0.717) is 18.7 Å². The molecule has 0 spiro atoms. The molecule has 2 atom stereocenters. The zero-order valence-electron chi connectivity index (χ0n) is 27.9. The van der Waals surface area contributed by atoms with E-state index >= 15 is 13.2 Å². The number of piperazine rings is 1. The first-order valence-corrected chi connectivity index (χ1v) is 17.2. The van der Waals surface area contributed by atoms with Gasteiger partial charge in [-0.05, 0) is 41.3 Å². The summed E-state index contributed by atoms with van der Waals surface area (Å²) in [6.45, 7) is 5.27. The fraction of sp³-hybridized carbons (Fsp3) is 0.293. The van der Waals surface area contributed by atoms with E-state index in [4.69, 9.17) is 9.47 Å². The summed E-state index contributed by atoms with van der Waals surface area (Å²) in [6, 6.07) is 35.0. The number of piperidine rings is 1. The molecule has 0 saturated carbocycles. The molecular formula is C41H41F3N4O2. The minimum atomic E-state index is -1.14. The van der Waals surface area contributed by atoms with Gasteiger partial charge in [-0.25, -0.2) is 13.2 Å². The van der Waals surface area contributed by atoms with Gasteiger partial charge in [0.15, 0.2) is 0 Å². The van der Waals surface area contributed by atoms with Crippen LogP contribution >= 0.6 is 0 Å². The van der Waals surface area contributed by atoms with E-state index in [-0.39, 0.29) is 48.7 Å². The summed E-state index contributed by atoms with van der Waals surface area (Å²) in [5, 5.41) is 0. The highest BCUT2D eigenvalue weighted by Gasteiger charge is 2.35. The van der Waals surface area contributed by atoms with Crippen molar-refractivity contribution in [3.05, 3.63) is 144 Å². The predicted octanol–water partition coefficient (Wildman–Crippen LogP) is 7.92. The molecule has 2 saturated heterocycles. The van der Waals surface area contributed by atoms with E-state index in [9.17, 15) is 0 Å². The molecule has 3 heterocycles. The normalized spacial score (nSPS) is 18.6. The number of anilines is 1. The number of nitrogens with zero attached hydrogens (tertiary/aromatic N) is 4. The van der Waals surface area contributed by atoms with Crippen molar-refractivity contribution in [1.82, 2.24) is 14.8 Å². The summed E-state index contributed by atoms with van der Waals surface area (Å²) in [5.41, 5.74) is 3.35. The third-order valence-corrected chi connectivity index (χ3v) is 9.58. The lowest BCUT2D eigenvalue weighted by atomic mass is 9.98. The van der Waals surface area contributed by atoms with Gasteiger partial charge < -0.3 is 14.4 Å². The molecule has 0 aliphatic carbocycles. The Labute approximate surface area is 291 Å². The Morgan fingerprint density at radius 1 is 0.660 bits per heavy atom. The highest BCUT2D eigenvalue weighted by atomic mass is 19.1. The molecule has 5 aromatic rings. The van der Waals surface area contributed by atoms with Crippen molar-refractivity contribution in [2.75, 3.05) is 44.2 Å². The molecule has 1 aromatic heterocycles. The maximum absolute atomic E-state index is 15.9. The number of rotatable bonds is 11. The summed E-state index contributed by atoms with van der Waals surface area (Å²) in [5.74, 6) is -1.21. The minimum absolute atomic E-state index is 0.0541. The second kappa shape index (κ2) is 15.8. The first-order valence-electron chi connectivity index (χ1n) is 17.2. The van der Waals surface area contributed by atoms with Crippen molar-refractivity contribution in [3.63, 3.8) is 0 Å². The van der Waals surface area contributed by atoms with Crippen molar-refractivity contribution in [1.29, 1.82) is 0 Å². The Morgan fingerprint density at radius 3 is 1.84 bits per heavy atom. The van der Waals surface area contributed by atoms with Crippen LogP contribution in [0, 0.1) is 11.6 Å². The summed E-state index contributed by atoms with van der Waals surface area (Å²) in [6.07, 6.45) is -0.558. The zero-order chi connectivity index (χ0) is 34.3. The molecule has 2 aliphatic rings. The number of alkyl halides is 1. The molecule has 0 bridgehead atoms. The maximum atomic E-state index is 15.9. The van der Waals surface area contributed by atoms with Crippen molar-refractivity contribution < 1.29 is 22.6 Å². The van der Waals surface area contributed by atoms with Crippen molar-refractivity contribution in [3.8, 4) is 22.9 Å². The molecule has 0 unspecified atom stereocenters. The number of halogens is 3. The second-order valence-electron chi connectivity index (χ2n) is 13.0. The number of ether oxygens (including phenoxy) is 2. The van der Waals surface area contributed by atoms with Crippen LogP contribution in [0.15, 0.2) is 115 Å². The highest BCUT2D eigenvalue weighted by molar-refractivity contribution is 5.72. The topological polar surface area (TPSA) is 41.1 Å². The SMILES string of the molecule is Fc1cc(N2CC[C@H](N3CCN(Cc4ccccc4)CC3)[C@H](F)C2)cc(F)c1-c1ccc(OCc2ccccc2)nc1OCc1ccccc1. The summed E-state index contributed by atoms with van der Waals surface area (Å²) < 4.78 is 59.5. The summed E-state index contributed by atoms with van der Waals surface area (Å²) >= 11 is 0. The first-order chi connectivity index (χ1) is 24.5. The van der Waals surface area contributed by atoms with Crippen molar-refractivity contribution in [2.24, 2.45) is 0 Å². The number of pyridine rings is 1. The molecule has 0 N–H and O–H groups in total. The predicted molar refractivity (Wildman–Crippen MR) is 190 cm³/mol. The smallest absolute Gasteiger partial charge is 0.225 e. The summed E-state index contributed by atoms with van der Waals surface area (Å²) in [7, 11) is 0. The van der Waals surface area contributed by atoms with E-state index < -0.39 is 17.8 Å². The molecule has 0 radical (unpaired) electrons. The fourth-order valence-corrected chi connectivity index (χ4v) is 6.89. The number of hydrogen-bond acceptors (Lipinski definition) is 6. The van der Waals surface area contributed by atoms with Gasteiger partial charge in [0.25, 0.3) is 0 Å². The van der Waals surface area contributed by atoms with Gasteiger partial charge in [-0.3, -0.25) is 9.80 Å². The number of aromatic nitrogens is 1. The second-order valence-corrected chi connectivity index (χ2v) is 13.0. The molecule has 2 aliphatic heterocycles. The van der Waals surface area contributed by atoms with E-state index in [1.54, 1.807) is 17.0 Å². The van der Waals surface area contributed by atoms with E-state index in [1.165, 1.54) is 17.7 Å². The van der Waals surface area contributed by atoms with Gasteiger partial charge in [0.05, 0.1) is 17.7 Å². The number of hydrogen-bond donors (Lipinski definition) is 0. The van der Waals surface area contributed by atoms with Crippen LogP contribution < -0.4 is 14.4 Å². The van der Waals surface area contributed by atoms with Gasteiger partial charge in [-0.2, -0.15) is 4.98 Å². The Kier molecular flexibility index (Phi) is 10.6. The van der Waals surface area contributed by atoms with Crippen molar-refractivity contribution in [2.45, 2.75) is 38.4 Å². The molecule has 4 aromatic carbocycles. The van der Waals surface area contributed by atoms with E-state index in [1.807, 2.05) is 66.7 Å². The van der Waals surface area contributed by atoms with Crippen LogP contribution in [-0.2, 0) is 19.8 Å². The lowest BCUT2D eigenvalue weighted by molar-refractivity contribution is 0.0431. The molecule has 2 fully saturated rings. The third-order valence-electron chi connectivity index (χ3n) is 9.58. The lowest BCUT2D eigenvalue weighted by Crippen LogP contribution is -2.57. The van der Waals surface area contributed by atoms with Crippen LogP contribution in [0.2, 0.25) is 0 Å². The zero-order valence-corrected chi connectivity index (χ0v) is 27.9. The van der Waals surface area contributed by atoms with Crippen LogP contribution in [0.3, 0.4) is 0 Å². The fourth-order valence-electron chi connectivity index (χ4n) is 6.89. The Bertz CT molecular complexity index is 1820. The highest BCUT2D eigenvalue weighted by Crippen LogP contribution is 2.37. The Hall–Kier alpha value is -4.86. The monoisotopic (exact) mass is 678 g/mol. The van der Waals surface area contributed by atoms with Gasteiger partial charge in [0.1, 0.15) is 31.0 Å². The molecular weight excluding hydrogens is 637 g/mol. The number of benzene rings is 4. The maximum Gasteiger partial charge on any atom is 0.225 e. The molecule has 0 amide bonds. The molecule has 7 rings (SSSR count). The molecule has 258 valence electrons. The average Bonchev–Trinajstić information content (AvgIpc) is 3.15. The Balaban J connectivity index is 1.04. The minimum Gasteiger partial charge on any atom is -0.473 e. The van der Waals surface area contributed by atoms with Crippen molar-refractivity contribution >= 4 is 5.69 Å². The summed E-state index contributed by atoms with van der Waals surface area (Å²) in [4.78, 5) is 10.9. The molecule has 6 nitrogen and oxygen atoms in total. The van der Waals surface area contributed by atoms with E-state index in [2.05, 4.69) is 39.0 Å². The van der Waals surface area contributed by atoms with Crippen LogP contribution in [-0.4, -0.2) is 66.3 Å². The van der Waals surface area contributed by atoms with E-state index in [0.717, 1.165) is 43.9 Å².